The summed E-state index contributed by atoms with van der Waals surface area (Å²) in [6.45, 7) is 17.2. The van der Waals surface area contributed by atoms with Gasteiger partial charge in [-0.25, -0.2) is 4.39 Å². The number of rotatable bonds is 10. The van der Waals surface area contributed by atoms with Crippen molar-refractivity contribution in [3.63, 3.8) is 0 Å². The molecule has 0 amide bonds. The number of Topliss-reactive ketones (excluding diaryl/α,β-unsaturated/α-hetero) is 2. The lowest BCUT2D eigenvalue weighted by atomic mass is 9.95. The Morgan fingerprint density at radius 2 is 1.24 bits per heavy atom. The van der Waals surface area contributed by atoms with Crippen molar-refractivity contribution in [1.29, 1.82) is 0 Å². The average molecular weight is 826 g/mol. The molecule has 0 saturated carbocycles. The van der Waals surface area contributed by atoms with E-state index in [4.69, 9.17) is 13.1 Å². The van der Waals surface area contributed by atoms with Crippen LogP contribution < -0.4 is 0 Å². The van der Waals surface area contributed by atoms with Crippen molar-refractivity contribution in [2.24, 2.45) is 0 Å². The maximum atomic E-state index is 14.1. The Kier molecular flexibility index (Phi) is 12.1. The van der Waals surface area contributed by atoms with Crippen LogP contribution in [-0.4, -0.2) is 57.3 Å². The Labute approximate surface area is 329 Å². The number of carbonyl (C=O) groups excluding carboxylic acids is 2. The summed E-state index contributed by atoms with van der Waals surface area (Å²) in [5.41, 5.74) is -4.80. The van der Waals surface area contributed by atoms with Gasteiger partial charge < -0.3 is 24.5 Å². The van der Waals surface area contributed by atoms with Gasteiger partial charge in [0.2, 0.25) is 5.95 Å². The van der Waals surface area contributed by atoms with E-state index in [9.17, 15) is 54.9 Å². The second-order valence-electron chi connectivity index (χ2n) is 14.0. The molecule has 0 bridgehead atoms. The van der Waals surface area contributed by atoms with E-state index >= 15 is 0 Å². The maximum Gasteiger partial charge on any atom is 0.409 e. The summed E-state index contributed by atoms with van der Waals surface area (Å²) in [5.74, 6) is -4.32. The van der Waals surface area contributed by atoms with Gasteiger partial charge in [0.05, 0.1) is 35.1 Å². The van der Waals surface area contributed by atoms with E-state index < -0.39 is 89.0 Å². The first-order chi connectivity index (χ1) is 27.4. The minimum absolute atomic E-state index is 0.0607. The number of halogens is 8. The van der Waals surface area contributed by atoms with E-state index in [2.05, 4.69) is 24.8 Å². The molecule has 6 rings (SSSR count). The zero-order valence-corrected chi connectivity index (χ0v) is 31.1. The number of alkyl halides is 6. The van der Waals surface area contributed by atoms with Gasteiger partial charge in [-0.3, -0.25) is 14.3 Å². The predicted molar refractivity (Wildman–Crippen MR) is 196 cm³/mol. The summed E-state index contributed by atoms with van der Waals surface area (Å²) in [4.78, 5) is 37.6. The highest BCUT2D eigenvalue weighted by Gasteiger charge is 2.38. The molecule has 2 atom stereocenters. The third-order valence-electron chi connectivity index (χ3n) is 9.13. The average Bonchev–Trinajstić information content (AvgIpc) is 3.68. The van der Waals surface area contributed by atoms with Gasteiger partial charge in [-0.1, -0.05) is 36.9 Å². The smallest absolute Gasteiger partial charge is 0.380 e. The molecule has 0 aliphatic rings. The van der Waals surface area contributed by atoms with E-state index in [1.807, 2.05) is 0 Å². The quantitative estimate of drug-likeness (QED) is 0.105. The molecule has 19 heteroatoms. The number of aryl methyl sites for hydroxylation is 1. The molecule has 0 aliphatic carbocycles. The number of nitrogens with zero attached hydrogens (tertiary/aromatic N) is 7. The monoisotopic (exact) mass is 825 g/mol. The van der Waals surface area contributed by atoms with Crippen molar-refractivity contribution in [3.8, 4) is 0 Å². The normalized spacial score (nSPS) is 13.8. The molecular formula is C40H31F8N7O4. The molecule has 6 aromatic rings. The highest BCUT2D eigenvalue weighted by atomic mass is 19.4. The Morgan fingerprint density at radius 3 is 1.75 bits per heavy atom. The standard InChI is InChI=1S/C20H16F4N4O2.C20H15F4N3O2/c1-11-4-5-15-13(6-11)17(21)27-28(15)10-19(2,30)16(29)8-12-7-14(20(22,23)24)18(25-3)26-9-12;1-19(29,11-27-6-5-13-9-14(21)3-4-16(13)27)17(28)8-12-7-15(20(22,23)24)18(25-2)26-10-12/h4-7,9,30H,8,10H2,1-2H3;3-7,9-10,29H,8,11H2,1H3/t2*19-/m00/s1. The molecule has 306 valence electrons. The maximum absolute atomic E-state index is 14.1. The van der Waals surface area contributed by atoms with Crippen molar-refractivity contribution in [3.05, 3.63) is 136 Å². The van der Waals surface area contributed by atoms with E-state index in [0.29, 0.717) is 28.6 Å². The van der Waals surface area contributed by atoms with E-state index in [0.717, 1.165) is 22.6 Å². The zero-order valence-electron chi connectivity index (χ0n) is 31.1. The van der Waals surface area contributed by atoms with E-state index in [-0.39, 0.29) is 23.1 Å². The van der Waals surface area contributed by atoms with Crippen LogP contribution in [0.2, 0.25) is 0 Å². The number of fused-ring (bicyclic) bond motifs is 2. The van der Waals surface area contributed by atoms with Crippen LogP contribution in [0.4, 0.5) is 46.8 Å². The summed E-state index contributed by atoms with van der Waals surface area (Å²) in [5, 5.41) is 25.8. The first-order valence-corrected chi connectivity index (χ1v) is 17.2. The molecule has 0 spiro atoms. The highest BCUT2D eigenvalue weighted by Crippen LogP contribution is 2.37. The third-order valence-corrected chi connectivity index (χ3v) is 9.13. The van der Waals surface area contributed by atoms with Crippen molar-refractivity contribution < 1.29 is 54.9 Å². The molecule has 2 aromatic carbocycles. The van der Waals surface area contributed by atoms with Gasteiger partial charge in [-0.05, 0) is 57.2 Å². The van der Waals surface area contributed by atoms with Crippen molar-refractivity contribution in [1.82, 2.24) is 24.3 Å². The van der Waals surface area contributed by atoms with E-state index in [1.54, 1.807) is 42.0 Å². The number of benzene rings is 2. The summed E-state index contributed by atoms with van der Waals surface area (Å²) >= 11 is 0. The molecule has 11 nitrogen and oxygen atoms in total. The van der Waals surface area contributed by atoms with Crippen LogP contribution in [0.3, 0.4) is 0 Å². The van der Waals surface area contributed by atoms with Crippen LogP contribution in [0.5, 0.6) is 0 Å². The topological polar surface area (TPSA) is 132 Å². The Balaban J connectivity index is 0.000000224. The minimum atomic E-state index is -4.81. The molecule has 0 saturated heterocycles. The Morgan fingerprint density at radius 1 is 0.729 bits per heavy atom. The van der Waals surface area contributed by atoms with Gasteiger partial charge in [0.1, 0.15) is 29.4 Å². The number of hydrogen-bond acceptors (Lipinski definition) is 7. The van der Waals surface area contributed by atoms with Gasteiger partial charge in [0.25, 0.3) is 11.6 Å². The van der Waals surface area contributed by atoms with Crippen LogP contribution in [0, 0.1) is 31.8 Å². The van der Waals surface area contributed by atoms with Gasteiger partial charge in [-0.2, -0.15) is 30.7 Å². The second kappa shape index (κ2) is 16.4. The number of pyridine rings is 2. The van der Waals surface area contributed by atoms with Gasteiger partial charge in [0.15, 0.2) is 11.6 Å². The second-order valence-corrected chi connectivity index (χ2v) is 14.0. The fourth-order valence-electron chi connectivity index (χ4n) is 6.02. The molecule has 2 N–H and O–H groups in total. The van der Waals surface area contributed by atoms with Gasteiger partial charge >= 0.3 is 12.4 Å². The van der Waals surface area contributed by atoms with E-state index in [1.165, 1.54) is 32.0 Å². The molecule has 0 fully saturated rings. The molecular weight excluding hydrogens is 794 g/mol. The first-order valence-electron chi connectivity index (χ1n) is 17.2. The predicted octanol–water partition coefficient (Wildman–Crippen LogP) is 8.32. The minimum Gasteiger partial charge on any atom is -0.380 e. The lowest BCUT2D eigenvalue weighted by Crippen LogP contribution is -2.41. The third kappa shape index (κ3) is 9.94. The van der Waals surface area contributed by atoms with Gasteiger partial charge in [0, 0.05) is 41.1 Å². The zero-order chi connectivity index (χ0) is 43.7. The number of aliphatic hydroxyl groups is 2. The molecule has 4 heterocycles. The Bertz CT molecular complexity index is 2670. The largest absolute Gasteiger partial charge is 0.409 e. The number of carbonyl (C=O) groups is 2. The van der Waals surface area contributed by atoms with Crippen molar-refractivity contribution in [2.45, 2.75) is 70.3 Å². The van der Waals surface area contributed by atoms with Crippen LogP contribution in [0.1, 0.15) is 41.7 Å². The molecule has 0 unspecified atom stereocenters. The van der Waals surface area contributed by atoms with Crippen LogP contribution >= 0.6 is 0 Å². The molecule has 0 radical (unpaired) electrons. The lowest BCUT2D eigenvalue weighted by molar-refractivity contribution is -0.138. The van der Waals surface area contributed by atoms with Crippen LogP contribution in [0.15, 0.2) is 73.2 Å². The SMILES string of the molecule is [C-]#[N+]c1ncc(CC(=O)[C@@](C)(O)Cn2ccc3cc(F)ccc32)cc1C(F)(F)F.[C-]#[N+]c1ncc(CC(=O)[C@@](C)(O)Cn2nc(F)c3cc(C)ccc32)cc1C(F)(F)F. The lowest BCUT2D eigenvalue weighted by Gasteiger charge is -2.23. The molecule has 4 aromatic heterocycles. The van der Waals surface area contributed by atoms with Crippen LogP contribution in [0.25, 0.3) is 31.5 Å². The summed E-state index contributed by atoms with van der Waals surface area (Å²) in [7, 11) is 0. The van der Waals surface area contributed by atoms with Crippen LogP contribution in [-0.2, 0) is 47.9 Å². The number of hydrogen-bond donors (Lipinski definition) is 2. The molecule has 0 aliphatic heterocycles. The molecule has 59 heavy (non-hydrogen) atoms. The Hall–Kier alpha value is -6.57. The highest BCUT2D eigenvalue weighted by molar-refractivity contribution is 5.90. The number of aromatic nitrogens is 5. The van der Waals surface area contributed by atoms with Gasteiger partial charge in [-0.15, -0.1) is 15.1 Å². The summed E-state index contributed by atoms with van der Waals surface area (Å²) in [6.07, 6.45) is -7.05. The fourth-order valence-corrected chi connectivity index (χ4v) is 6.02. The number of ketones is 2. The van der Waals surface area contributed by atoms with Crippen molar-refractivity contribution >= 4 is 45.0 Å². The summed E-state index contributed by atoms with van der Waals surface area (Å²) < 4.78 is 109. The first kappa shape index (κ1) is 43.6. The fraction of sp³-hybridized carbons (Fsp3) is 0.275. The van der Waals surface area contributed by atoms with Crippen molar-refractivity contribution in [2.75, 3.05) is 0 Å². The summed E-state index contributed by atoms with van der Waals surface area (Å²) in [6, 6.07) is 12.0.